The van der Waals surface area contributed by atoms with E-state index in [2.05, 4.69) is 4.98 Å². The largest absolute Gasteiger partial charge is 0.384 e. The summed E-state index contributed by atoms with van der Waals surface area (Å²) in [5, 5.41) is 0. The predicted molar refractivity (Wildman–Crippen MR) is 70.3 cm³/mol. The van der Waals surface area contributed by atoms with Gasteiger partial charge in [-0.05, 0) is 62.7 Å². The van der Waals surface area contributed by atoms with Crippen LogP contribution in [0.15, 0.2) is 4.79 Å². The van der Waals surface area contributed by atoms with Crippen molar-refractivity contribution in [1.29, 1.82) is 0 Å². The summed E-state index contributed by atoms with van der Waals surface area (Å²) in [5.74, 6) is 3.91. The van der Waals surface area contributed by atoms with Gasteiger partial charge >= 0.3 is 5.69 Å². The average molecular weight is 247 g/mol. The number of nitrogens with one attached hydrogen (secondary N) is 1. The number of imidazole rings is 1. The minimum atomic E-state index is 0.00229. The number of rotatable bonds is 1. The van der Waals surface area contributed by atoms with Crippen LogP contribution in [-0.4, -0.2) is 9.55 Å². The van der Waals surface area contributed by atoms with Gasteiger partial charge < -0.3 is 10.7 Å². The zero-order chi connectivity index (χ0) is 12.4. The van der Waals surface area contributed by atoms with Gasteiger partial charge in [-0.2, -0.15) is 0 Å². The van der Waals surface area contributed by atoms with E-state index in [1.165, 1.54) is 32.1 Å². The molecule has 0 aliphatic heterocycles. The van der Waals surface area contributed by atoms with E-state index in [9.17, 15) is 4.79 Å². The highest BCUT2D eigenvalue weighted by Crippen LogP contribution is 2.58. The molecule has 5 rings (SSSR count). The maximum atomic E-state index is 12.1. The van der Waals surface area contributed by atoms with Gasteiger partial charge in [-0.1, -0.05) is 0 Å². The average Bonchev–Trinajstić information content (AvgIpc) is 2.54. The minimum Gasteiger partial charge on any atom is -0.384 e. The lowest BCUT2D eigenvalue weighted by Gasteiger charge is -2.54. The zero-order valence-electron chi connectivity index (χ0n) is 10.9. The topological polar surface area (TPSA) is 63.8 Å². The number of hydrogen-bond acceptors (Lipinski definition) is 2. The highest BCUT2D eigenvalue weighted by atomic mass is 16.1. The Kier molecular flexibility index (Phi) is 2.04. The summed E-state index contributed by atoms with van der Waals surface area (Å²) in [5.41, 5.74) is 6.94. The molecule has 0 unspecified atom stereocenters. The van der Waals surface area contributed by atoms with E-state index < -0.39 is 0 Å². The Morgan fingerprint density at radius 2 is 1.67 bits per heavy atom. The predicted octanol–water partition coefficient (Wildman–Crippen LogP) is 2.06. The third-order valence-electron chi connectivity index (χ3n) is 5.63. The Morgan fingerprint density at radius 3 is 2.11 bits per heavy atom. The van der Waals surface area contributed by atoms with E-state index in [0.717, 1.165) is 17.5 Å². The summed E-state index contributed by atoms with van der Waals surface area (Å²) in [7, 11) is 0. The van der Waals surface area contributed by atoms with Gasteiger partial charge in [0, 0.05) is 6.04 Å². The van der Waals surface area contributed by atoms with Gasteiger partial charge in [0.2, 0.25) is 0 Å². The lowest BCUT2D eigenvalue weighted by atomic mass is 9.54. The molecule has 0 saturated heterocycles. The highest BCUT2D eigenvalue weighted by molar-refractivity contribution is 5.35. The molecule has 4 bridgehead atoms. The van der Waals surface area contributed by atoms with Gasteiger partial charge in [0.15, 0.2) is 0 Å². The molecule has 4 aliphatic rings. The molecule has 98 valence electrons. The van der Waals surface area contributed by atoms with Crippen molar-refractivity contribution in [2.75, 3.05) is 5.73 Å². The first-order valence-electron chi connectivity index (χ1n) is 7.20. The number of H-pyrrole nitrogens is 1. The quantitative estimate of drug-likeness (QED) is 0.798. The number of aryl methyl sites for hydroxylation is 1. The maximum absolute atomic E-state index is 12.1. The van der Waals surface area contributed by atoms with Crippen LogP contribution in [0.3, 0.4) is 0 Å². The molecule has 0 aromatic carbocycles. The molecule has 1 heterocycles. The summed E-state index contributed by atoms with van der Waals surface area (Å²) in [6, 6.07) is 0.371. The second kappa shape index (κ2) is 3.43. The molecule has 0 atom stereocenters. The van der Waals surface area contributed by atoms with Gasteiger partial charge in [-0.3, -0.25) is 4.57 Å². The first-order chi connectivity index (χ1) is 8.63. The second-order valence-corrected chi connectivity index (χ2v) is 6.73. The molecule has 4 heteroatoms. The molecule has 4 saturated carbocycles. The molecule has 4 nitrogen and oxygen atoms in total. The number of hydrogen-bond donors (Lipinski definition) is 2. The summed E-state index contributed by atoms with van der Waals surface area (Å²) in [6.07, 6.45) is 6.69. The lowest BCUT2D eigenvalue weighted by molar-refractivity contribution is -0.0294. The van der Waals surface area contributed by atoms with Crippen molar-refractivity contribution >= 4 is 5.82 Å². The molecule has 0 amide bonds. The fraction of sp³-hybridized carbons (Fsp3) is 0.786. The van der Waals surface area contributed by atoms with Crippen molar-refractivity contribution < 1.29 is 0 Å². The Bertz CT molecular complexity index is 514. The Labute approximate surface area is 107 Å². The van der Waals surface area contributed by atoms with Crippen molar-refractivity contribution in [2.45, 2.75) is 45.1 Å². The van der Waals surface area contributed by atoms with E-state index in [1.54, 1.807) is 0 Å². The Morgan fingerprint density at radius 1 is 1.11 bits per heavy atom. The summed E-state index contributed by atoms with van der Waals surface area (Å²) in [6.45, 7) is 1.89. The number of nitrogens with two attached hydrogens (primary N) is 1. The van der Waals surface area contributed by atoms with Crippen molar-refractivity contribution in [2.24, 2.45) is 23.7 Å². The van der Waals surface area contributed by atoms with E-state index in [0.29, 0.717) is 23.7 Å². The van der Waals surface area contributed by atoms with Crippen LogP contribution in [0.4, 0.5) is 5.82 Å². The van der Waals surface area contributed by atoms with Crippen LogP contribution in [0.5, 0.6) is 0 Å². The number of aromatic nitrogens is 2. The summed E-state index contributed by atoms with van der Waals surface area (Å²) in [4.78, 5) is 15.0. The minimum absolute atomic E-state index is 0.00229. The van der Waals surface area contributed by atoms with Gasteiger partial charge in [-0.25, -0.2) is 4.79 Å². The normalized spacial score (nSPS) is 41.5. The monoisotopic (exact) mass is 247 g/mol. The van der Waals surface area contributed by atoms with Gasteiger partial charge in [-0.15, -0.1) is 0 Å². The first-order valence-corrected chi connectivity index (χ1v) is 7.20. The summed E-state index contributed by atoms with van der Waals surface area (Å²) >= 11 is 0. The standard InChI is InChI=1S/C14H21N3O/c1-7-13(15)17(14(18)16-7)12-10-3-8-2-9(5-10)6-11(12)4-8/h8-12H,2-6,15H2,1H3,(H,16,18). The molecule has 18 heavy (non-hydrogen) atoms. The second-order valence-electron chi connectivity index (χ2n) is 6.73. The third-order valence-corrected chi connectivity index (χ3v) is 5.63. The summed E-state index contributed by atoms with van der Waals surface area (Å²) < 4.78 is 1.88. The lowest BCUT2D eigenvalue weighted by Crippen LogP contribution is -2.48. The van der Waals surface area contributed by atoms with Gasteiger partial charge in [0.05, 0.1) is 5.69 Å². The Hall–Kier alpha value is -1.19. The van der Waals surface area contributed by atoms with E-state index >= 15 is 0 Å². The van der Waals surface area contributed by atoms with Crippen molar-refractivity contribution in [3.05, 3.63) is 16.2 Å². The van der Waals surface area contributed by atoms with E-state index in [-0.39, 0.29) is 5.69 Å². The molecule has 1 aromatic heterocycles. The fourth-order valence-electron chi connectivity index (χ4n) is 5.19. The van der Waals surface area contributed by atoms with Crippen molar-refractivity contribution in [3.8, 4) is 0 Å². The molecule has 1 aromatic rings. The van der Waals surface area contributed by atoms with Crippen LogP contribution in [-0.2, 0) is 0 Å². The molecule has 3 N–H and O–H groups in total. The number of nitrogen functional groups attached to an aromatic ring is 1. The zero-order valence-corrected chi connectivity index (χ0v) is 10.9. The molecular weight excluding hydrogens is 226 g/mol. The van der Waals surface area contributed by atoms with Crippen molar-refractivity contribution in [3.63, 3.8) is 0 Å². The fourth-order valence-corrected chi connectivity index (χ4v) is 5.19. The maximum Gasteiger partial charge on any atom is 0.327 e. The van der Waals surface area contributed by atoms with Crippen LogP contribution in [0.1, 0.15) is 43.8 Å². The van der Waals surface area contributed by atoms with Gasteiger partial charge in [0.25, 0.3) is 0 Å². The molecule has 0 spiro atoms. The van der Waals surface area contributed by atoms with Crippen LogP contribution >= 0.6 is 0 Å². The molecule has 4 aliphatic carbocycles. The Balaban J connectivity index is 1.79. The smallest absolute Gasteiger partial charge is 0.327 e. The SMILES string of the molecule is Cc1[nH]c(=O)n(C2C3CC4CC(C3)CC2C4)c1N. The van der Waals surface area contributed by atoms with Crippen LogP contribution in [0.2, 0.25) is 0 Å². The van der Waals surface area contributed by atoms with Gasteiger partial charge in [0.1, 0.15) is 5.82 Å². The molecular formula is C14H21N3O. The van der Waals surface area contributed by atoms with Crippen LogP contribution in [0, 0.1) is 30.6 Å². The number of aromatic amines is 1. The van der Waals surface area contributed by atoms with E-state index in [1.807, 2.05) is 11.5 Å². The molecule has 0 radical (unpaired) electrons. The molecule has 4 fully saturated rings. The number of anilines is 1. The van der Waals surface area contributed by atoms with Crippen LogP contribution in [0.25, 0.3) is 0 Å². The van der Waals surface area contributed by atoms with E-state index in [4.69, 9.17) is 5.73 Å². The van der Waals surface area contributed by atoms with Crippen molar-refractivity contribution in [1.82, 2.24) is 9.55 Å². The third kappa shape index (κ3) is 1.29. The van der Waals surface area contributed by atoms with Crippen LogP contribution < -0.4 is 11.4 Å². The number of nitrogens with zero attached hydrogens (tertiary/aromatic N) is 1. The first kappa shape index (κ1) is 10.7. The highest BCUT2D eigenvalue weighted by Gasteiger charge is 2.49.